The van der Waals surface area contributed by atoms with Gasteiger partial charge < -0.3 is 15.4 Å². The number of anilines is 1. The molecule has 1 fully saturated rings. The van der Waals surface area contributed by atoms with Crippen LogP contribution in [-0.2, 0) is 4.74 Å². The van der Waals surface area contributed by atoms with E-state index >= 15 is 0 Å². The van der Waals surface area contributed by atoms with Crippen molar-refractivity contribution in [2.24, 2.45) is 5.92 Å². The number of nitrogens with one attached hydrogen (secondary N) is 2. The molecule has 0 spiro atoms. The first kappa shape index (κ1) is 18.8. The first-order chi connectivity index (χ1) is 13.1. The highest BCUT2D eigenvalue weighted by Gasteiger charge is 2.25. The van der Waals surface area contributed by atoms with Gasteiger partial charge in [-0.05, 0) is 36.5 Å². The van der Waals surface area contributed by atoms with Crippen molar-refractivity contribution >= 4 is 17.3 Å². The summed E-state index contributed by atoms with van der Waals surface area (Å²) in [6, 6.07) is 14.3. The van der Waals surface area contributed by atoms with Crippen molar-refractivity contribution in [1.82, 2.24) is 5.32 Å². The number of ether oxygens (including phenoxy) is 1. The van der Waals surface area contributed by atoms with Gasteiger partial charge in [0.2, 0.25) is 0 Å². The number of benzene rings is 2. The summed E-state index contributed by atoms with van der Waals surface area (Å²) >= 11 is 0. The Morgan fingerprint density at radius 1 is 1.30 bits per heavy atom. The van der Waals surface area contributed by atoms with Gasteiger partial charge in [0.15, 0.2) is 0 Å². The standard InChI is InChI=1S/C20H23N3O4/c1-21-20(24)16-7-8-17(19(12-16)23(25)26)22-18(11-14-9-10-27-13-14)15-5-3-2-4-6-15/h2-8,12,14,18,22H,9-11,13H2,1H3,(H,21,24). The molecule has 1 aliphatic heterocycles. The predicted molar refractivity (Wildman–Crippen MR) is 103 cm³/mol. The summed E-state index contributed by atoms with van der Waals surface area (Å²) in [6.07, 6.45) is 1.81. The van der Waals surface area contributed by atoms with Crippen molar-refractivity contribution in [1.29, 1.82) is 0 Å². The molecule has 2 unspecified atom stereocenters. The number of nitro benzene ring substituents is 1. The molecule has 7 nitrogen and oxygen atoms in total. The number of carbonyl (C=O) groups is 1. The second-order valence-corrected chi connectivity index (χ2v) is 6.64. The lowest BCUT2D eigenvalue weighted by Crippen LogP contribution is -2.19. The molecule has 0 aromatic heterocycles. The average Bonchev–Trinajstić information content (AvgIpc) is 3.20. The Balaban J connectivity index is 1.90. The molecular formula is C20H23N3O4. The molecule has 1 aliphatic rings. The molecule has 2 N–H and O–H groups in total. The van der Waals surface area contributed by atoms with E-state index in [9.17, 15) is 14.9 Å². The number of hydrogen-bond donors (Lipinski definition) is 2. The van der Waals surface area contributed by atoms with Crippen molar-refractivity contribution in [2.75, 3.05) is 25.6 Å². The Morgan fingerprint density at radius 3 is 2.70 bits per heavy atom. The molecule has 0 radical (unpaired) electrons. The van der Waals surface area contributed by atoms with Crippen LogP contribution in [-0.4, -0.2) is 31.1 Å². The maximum atomic E-state index is 11.8. The fourth-order valence-electron chi connectivity index (χ4n) is 3.34. The van der Waals surface area contributed by atoms with E-state index in [-0.39, 0.29) is 23.2 Å². The van der Waals surface area contributed by atoms with Crippen molar-refractivity contribution < 1.29 is 14.5 Å². The summed E-state index contributed by atoms with van der Waals surface area (Å²) in [5.74, 6) is 0.0549. The van der Waals surface area contributed by atoms with E-state index in [4.69, 9.17) is 4.74 Å². The molecule has 27 heavy (non-hydrogen) atoms. The van der Waals surface area contributed by atoms with Crippen LogP contribution in [0.4, 0.5) is 11.4 Å². The highest BCUT2D eigenvalue weighted by atomic mass is 16.6. The smallest absolute Gasteiger partial charge is 0.293 e. The number of hydrogen-bond acceptors (Lipinski definition) is 5. The van der Waals surface area contributed by atoms with Gasteiger partial charge in [-0.15, -0.1) is 0 Å². The van der Waals surface area contributed by atoms with Crippen LogP contribution in [0.15, 0.2) is 48.5 Å². The molecule has 1 saturated heterocycles. The van der Waals surface area contributed by atoms with Crippen molar-refractivity contribution in [3.05, 3.63) is 69.8 Å². The number of nitro groups is 1. The van der Waals surface area contributed by atoms with Crippen LogP contribution in [0.1, 0.15) is 34.8 Å². The zero-order valence-electron chi connectivity index (χ0n) is 15.2. The molecule has 0 bridgehead atoms. The summed E-state index contributed by atoms with van der Waals surface area (Å²) in [4.78, 5) is 22.9. The van der Waals surface area contributed by atoms with E-state index in [1.54, 1.807) is 12.1 Å². The van der Waals surface area contributed by atoms with E-state index in [1.165, 1.54) is 13.1 Å². The Morgan fingerprint density at radius 2 is 2.07 bits per heavy atom. The molecule has 3 rings (SSSR count). The average molecular weight is 369 g/mol. The van der Waals surface area contributed by atoms with Gasteiger partial charge in [-0.3, -0.25) is 14.9 Å². The monoisotopic (exact) mass is 369 g/mol. The highest BCUT2D eigenvalue weighted by Crippen LogP contribution is 2.33. The molecule has 0 saturated carbocycles. The predicted octanol–water partition coefficient (Wildman–Crippen LogP) is 3.53. The molecule has 142 valence electrons. The fourth-order valence-corrected chi connectivity index (χ4v) is 3.34. The minimum Gasteiger partial charge on any atom is -0.381 e. The number of amides is 1. The van der Waals surface area contributed by atoms with Gasteiger partial charge in [0.1, 0.15) is 5.69 Å². The third-order valence-electron chi connectivity index (χ3n) is 4.81. The summed E-state index contributed by atoms with van der Waals surface area (Å²) in [5, 5.41) is 17.4. The third kappa shape index (κ3) is 4.62. The molecule has 2 aromatic carbocycles. The van der Waals surface area contributed by atoms with E-state index in [1.807, 2.05) is 30.3 Å². The number of rotatable bonds is 7. The molecule has 1 heterocycles. The van der Waals surface area contributed by atoms with Gasteiger partial charge >= 0.3 is 0 Å². The SMILES string of the molecule is CNC(=O)c1ccc(NC(CC2CCOC2)c2ccccc2)c([N+](=O)[O-])c1. The Hall–Kier alpha value is -2.93. The number of nitrogens with zero attached hydrogens (tertiary/aromatic N) is 1. The highest BCUT2D eigenvalue weighted by molar-refractivity contribution is 5.95. The maximum Gasteiger partial charge on any atom is 0.293 e. The van der Waals surface area contributed by atoms with Gasteiger partial charge in [-0.1, -0.05) is 30.3 Å². The lowest BCUT2D eigenvalue weighted by Gasteiger charge is -2.23. The van der Waals surface area contributed by atoms with Crippen molar-refractivity contribution in [2.45, 2.75) is 18.9 Å². The molecular weight excluding hydrogens is 346 g/mol. The molecule has 2 atom stereocenters. The lowest BCUT2D eigenvalue weighted by molar-refractivity contribution is -0.384. The maximum absolute atomic E-state index is 11.8. The van der Waals surface area contributed by atoms with Crippen LogP contribution in [0.25, 0.3) is 0 Å². The van der Waals surface area contributed by atoms with E-state index in [0.29, 0.717) is 18.2 Å². The van der Waals surface area contributed by atoms with Gasteiger partial charge in [0.25, 0.3) is 11.6 Å². The summed E-state index contributed by atoms with van der Waals surface area (Å²) in [6.45, 7) is 1.47. The molecule has 2 aromatic rings. The normalized spacial score (nSPS) is 17.3. The minimum atomic E-state index is -0.463. The zero-order valence-corrected chi connectivity index (χ0v) is 15.2. The minimum absolute atomic E-state index is 0.0811. The molecule has 1 amide bonds. The van der Waals surface area contributed by atoms with Crippen LogP contribution >= 0.6 is 0 Å². The second-order valence-electron chi connectivity index (χ2n) is 6.64. The fraction of sp³-hybridized carbons (Fsp3) is 0.350. The van der Waals surface area contributed by atoms with E-state index in [0.717, 1.165) is 25.0 Å². The molecule has 7 heteroatoms. The third-order valence-corrected chi connectivity index (χ3v) is 4.81. The largest absolute Gasteiger partial charge is 0.381 e. The summed E-state index contributed by atoms with van der Waals surface area (Å²) in [7, 11) is 1.50. The van der Waals surface area contributed by atoms with E-state index in [2.05, 4.69) is 10.6 Å². The Labute approximate surface area is 157 Å². The van der Waals surface area contributed by atoms with Crippen LogP contribution in [0.3, 0.4) is 0 Å². The number of carbonyl (C=O) groups excluding carboxylic acids is 1. The van der Waals surface area contributed by atoms with Gasteiger partial charge in [0.05, 0.1) is 11.0 Å². The van der Waals surface area contributed by atoms with Crippen LogP contribution < -0.4 is 10.6 Å². The van der Waals surface area contributed by atoms with Crippen molar-refractivity contribution in [3.8, 4) is 0 Å². The quantitative estimate of drug-likeness (QED) is 0.575. The van der Waals surface area contributed by atoms with Crippen LogP contribution in [0, 0.1) is 16.0 Å². The Bertz CT molecular complexity index is 804. The van der Waals surface area contributed by atoms with Gasteiger partial charge in [-0.2, -0.15) is 0 Å². The Kier molecular flexibility index (Phi) is 6.03. The molecule has 0 aliphatic carbocycles. The van der Waals surface area contributed by atoms with Gasteiger partial charge in [-0.25, -0.2) is 0 Å². The van der Waals surface area contributed by atoms with E-state index < -0.39 is 4.92 Å². The summed E-state index contributed by atoms with van der Waals surface area (Å²) < 4.78 is 5.48. The van der Waals surface area contributed by atoms with Crippen molar-refractivity contribution in [3.63, 3.8) is 0 Å². The first-order valence-electron chi connectivity index (χ1n) is 8.98. The summed E-state index contributed by atoms with van der Waals surface area (Å²) in [5.41, 5.74) is 1.62. The second kappa shape index (κ2) is 8.64. The topological polar surface area (TPSA) is 93.5 Å². The zero-order chi connectivity index (χ0) is 19.2. The van der Waals surface area contributed by atoms with Gasteiger partial charge in [0, 0.05) is 31.9 Å². The lowest BCUT2D eigenvalue weighted by atomic mass is 9.93. The first-order valence-corrected chi connectivity index (χ1v) is 8.98. The van der Waals surface area contributed by atoms with Crippen LogP contribution in [0.5, 0.6) is 0 Å². The van der Waals surface area contributed by atoms with Crippen LogP contribution in [0.2, 0.25) is 0 Å².